The van der Waals surface area contributed by atoms with E-state index in [2.05, 4.69) is 31.9 Å². The van der Waals surface area contributed by atoms with Crippen LogP contribution in [0.4, 0.5) is 0 Å². The number of hydrogen-bond acceptors (Lipinski definition) is 0. The van der Waals surface area contributed by atoms with Crippen LogP contribution in [0.2, 0.25) is 0 Å². The zero-order valence-electron chi connectivity index (χ0n) is 4.94. The fraction of sp³-hybridized carbons (Fsp3) is 0.167. The van der Waals surface area contributed by atoms with E-state index in [-0.39, 0.29) is 0 Å². The summed E-state index contributed by atoms with van der Waals surface area (Å²) in [5.41, 5.74) is 0. The minimum atomic E-state index is 1.08. The second-order valence-electron chi connectivity index (χ2n) is 1.84. The molecule has 1 aromatic heterocycles. The van der Waals surface area contributed by atoms with Crippen LogP contribution in [0, 0.1) is 0 Å². The fourth-order valence-electron chi connectivity index (χ4n) is 0.633. The molecule has 0 amide bonds. The molecule has 0 aliphatic carbocycles. The summed E-state index contributed by atoms with van der Waals surface area (Å²) >= 11 is 6.72. The van der Waals surface area contributed by atoms with Gasteiger partial charge >= 0.3 is 0 Å². The summed E-state index contributed by atoms with van der Waals surface area (Å²) in [5, 5.41) is 0. The third kappa shape index (κ3) is 2.06. The predicted octanol–water partition coefficient (Wildman–Crippen LogP) is 2.04. The molecule has 0 fully saturated rings. The maximum atomic E-state index is 3.36. The average Bonchev–Trinajstić information content (AvgIpc) is 1.59. The largest absolute Gasteiger partial charge is 0.206 e. The zero-order valence-corrected chi connectivity index (χ0v) is 8.11. The van der Waals surface area contributed by atoms with Gasteiger partial charge in [0, 0.05) is 0 Å². The molecule has 0 aliphatic rings. The van der Waals surface area contributed by atoms with Crippen molar-refractivity contribution >= 4 is 31.9 Å². The first-order valence-electron chi connectivity index (χ1n) is 2.50. The lowest BCUT2D eigenvalue weighted by atomic mass is 10.5. The Balaban J connectivity index is 3.17. The highest BCUT2D eigenvalue weighted by Crippen LogP contribution is 2.12. The average molecular weight is 252 g/mol. The van der Waals surface area contributed by atoms with Gasteiger partial charge < -0.3 is 0 Å². The highest BCUT2D eigenvalue weighted by Gasteiger charge is 1.96. The number of nitrogens with zero attached hydrogens (tertiary/aromatic N) is 1. The van der Waals surface area contributed by atoms with Gasteiger partial charge in [-0.3, -0.25) is 0 Å². The van der Waals surface area contributed by atoms with Crippen LogP contribution in [0.5, 0.6) is 0 Å². The van der Waals surface area contributed by atoms with Crippen molar-refractivity contribution in [1.29, 1.82) is 0 Å². The van der Waals surface area contributed by atoms with Crippen molar-refractivity contribution in [3.63, 3.8) is 0 Å². The van der Waals surface area contributed by atoms with Gasteiger partial charge in [-0.2, -0.15) is 0 Å². The molecule has 0 saturated carbocycles. The van der Waals surface area contributed by atoms with Gasteiger partial charge in [0.05, 0.1) is 8.95 Å². The van der Waals surface area contributed by atoms with Gasteiger partial charge in [0.2, 0.25) is 0 Å². The molecule has 48 valence electrons. The van der Waals surface area contributed by atoms with E-state index >= 15 is 0 Å². The topological polar surface area (TPSA) is 3.88 Å². The van der Waals surface area contributed by atoms with E-state index in [9.17, 15) is 0 Å². The number of pyridine rings is 1. The summed E-state index contributed by atoms with van der Waals surface area (Å²) in [6.45, 7) is 0. The standard InChI is InChI=1S/C6H6Br2N/c1-9-3-5(7)2-6(8)4-9/h2-4H,1H3/q+1. The van der Waals surface area contributed by atoms with E-state index in [1.54, 1.807) is 0 Å². The Hall–Kier alpha value is 0.110. The van der Waals surface area contributed by atoms with E-state index in [0.29, 0.717) is 0 Å². The van der Waals surface area contributed by atoms with Gasteiger partial charge in [-0.1, -0.05) is 0 Å². The second kappa shape index (κ2) is 2.80. The van der Waals surface area contributed by atoms with E-state index in [0.717, 1.165) is 8.95 Å². The molecule has 1 heterocycles. The fourth-order valence-corrected chi connectivity index (χ4v) is 2.08. The molecule has 1 aromatic rings. The summed E-state index contributed by atoms with van der Waals surface area (Å²) in [6.07, 6.45) is 3.98. The summed E-state index contributed by atoms with van der Waals surface area (Å²) in [6, 6.07) is 2.00. The van der Waals surface area contributed by atoms with E-state index in [1.165, 1.54) is 0 Å². The molecule has 1 nitrogen and oxygen atoms in total. The van der Waals surface area contributed by atoms with Gasteiger partial charge in [-0.25, -0.2) is 4.57 Å². The van der Waals surface area contributed by atoms with Crippen LogP contribution in [0.15, 0.2) is 27.4 Å². The Bertz CT molecular complexity index is 172. The summed E-state index contributed by atoms with van der Waals surface area (Å²) in [7, 11) is 1.98. The van der Waals surface area contributed by atoms with Gasteiger partial charge in [0.25, 0.3) is 0 Å². The van der Waals surface area contributed by atoms with Crippen LogP contribution in [0.3, 0.4) is 0 Å². The second-order valence-corrected chi connectivity index (χ2v) is 3.67. The van der Waals surface area contributed by atoms with Crippen molar-refractivity contribution in [3.05, 3.63) is 27.4 Å². The highest BCUT2D eigenvalue weighted by atomic mass is 79.9. The number of rotatable bonds is 0. The lowest BCUT2D eigenvalue weighted by Crippen LogP contribution is -2.26. The molecule has 0 aliphatic heterocycles. The van der Waals surface area contributed by atoms with Crippen molar-refractivity contribution in [2.24, 2.45) is 7.05 Å². The number of aromatic nitrogens is 1. The summed E-state index contributed by atoms with van der Waals surface area (Å²) in [5.74, 6) is 0. The van der Waals surface area contributed by atoms with Crippen LogP contribution in [0.1, 0.15) is 0 Å². The molecule has 0 radical (unpaired) electrons. The summed E-state index contributed by atoms with van der Waals surface area (Å²) < 4.78 is 4.15. The van der Waals surface area contributed by atoms with Crippen molar-refractivity contribution in [1.82, 2.24) is 0 Å². The smallest absolute Gasteiger partial charge is 0.182 e. The number of halogens is 2. The maximum absolute atomic E-state index is 3.36. The molecule has 0 unspecified atom stereocenters. The minimum Gasteiger partial charge on any atom is -0.206 e. The van der Waals surface area contributed by atoms with Crippen LogP contribution >= 0.6 is 31.9 Å². The van der Waals surface area contributed by atoms with Crippen molar-refractivity contribution in [3.8, 4) is 0 Å². The van der Waals surface area contributed by atoms with E-state index in [4.69, 9.17) is 0 Å². The SMILES string of the molecule is C[n+]1cc(Br)cc(Br)c1. The molecule has 0 atom stereocenters. The first-order chi connectivity index (χ1) is 4.18. The Morgan fingerprint density at radius 3 is 2.00 bits per heavy atom. The van der Waals surface area contributed by atoms with Gasteiger partial charge in [0.1, 0.15) is 7.05 Å². The summed E-state index contributed by atoms with van der Waals surface area (Å²) in [4.78, 5) is 0. The van der Waals surface area contributed by atoms with E-state index in [1.807, 2.05) is 30.1 Å². The molecule has 0 N–H and O–H groups in total. The first kappa shape index (κ1) is 7.22. The van der Waals surface area contributed by atoms with Crippen LogP contribution < -0.4 is 4.57 Å². The van der Waals surface area contributed by atoms with Gasteiger partial charge in [0.15, 0.2) is 12.4 Å². The Labute approximate surface area is 71.0 Å². The molecule has 0 saturated heterocycles. The van der Waals surface area contributed by atoms with Crippen molar-refractivity contribution in [2.75, 3.05) is 0 Å². The molecule has 3 heteroatoms. The normalized spacial score (nSPS) is 9.67. The lowest BCUT2D eigenvalue weighted by molar-refractivity contribution is -0.672. The molecular formula is C6H6Br2N+. The lowest BCUT2D eigenvalue weighted by Gasteiger charge is -1.88. The van der Waals surface area contributed by atoms with Crippen LogP contribution in [0.25, 0.3) is 0 Å². The molecule has 0 spiro atoms. The number of aryl methyl sites for hydroxylation is 1. The number of hydrogen-bond donors (Lipinski definition) is 0. The third-order valence-electron chi connectivity index (χ3n) is 0.930. The molecule has 0 aromatic carbocycles. The monoisotopic (exact) mass is 250 g/mol. The Morgan fingerprint density at radius 1 is 1.22 bits per heavy atom. The molecular weight excluding hydrogens is 246 g/mol. The predicted molar refractivity (Wildman–Crippen MR) is 43.0 cm³/mol. The van der Waals surface area contributed by atoms with Crippen LogP contribution in [-0.4, -0.2) is 0 Å². The first-order valence-corrected chi connectivity index (χ1v) is 4.08. The van der Waals surface area contributed by atoms with Gasteiger partial charge in [-0.05, 0) is 37.9 Å². The van der Waals surface area contributed by atoms with Crippen molar-refractivity contribution in [2.45, 2.75) is 0 Å². The molecule has 1 rings (SSSR count). The highest BCUT2D eigenvalue weighted by molar-refractivity contribution is 9.11. The quantitative estimate of drug-likeness (QED) is 0.622. The van der Waals surface area contributed by atoms with Gasteiger partial charge in [-0.15, -0.1) is 0 Å². The Morgan fingerprint density at radius 2 is 1.67 bits per heavy atom. The molecule has 9 heavy (non-hydrogen) atoms. The minimum absolute atomic E-state index is 1.08. The van der Waals surface area contributed by atoms with E-state index < -0.39 is 0 Å². The maximum Gasteiger partial charge on any atom is 0.182 e. The molecule has 0 bridgehead atoms. The van der Waals surface area contributed by atoms with Crippen molar-refractivity contribution < 1.29 is 4.57 Å². The zero-order chi connectivity index (χ0) is 6.85. The Kier molecular flexibility index (Phi) is 2.24. The third-order valence-corrected chi connectivity index (χ3v) is 1.80. The van der Waals surface area contributed by atoms with Crippen LogP contribution in [-0.2, 0) is 7.05 Å².